The Morgan fingerprint density at radius 1 is 1.04 bits per heavy atom. The standard InChI is InChI=1S/C16H9Cl2F2N3O/c17-10-5-4-9(8-11(10)18)23-7-6-14(22-23)16(24)21-15-12(19)2-1-3-13(15)20/h1-8H,(H,21,24). The minimum absolute atomic E-state index is 0.0104. The number of nitrogens with zero attached hydrogens (tertiary/aromatic N) is 2. The monoisotopic (exact) mass is 367 g/mol. The van der Waals surface area contributed by atoms with Gasteiger partial charge in [0.25, 0.3) is 5.91 Å². The number of halogens is 4. The Kier molecular flexibility index (Phi) is 4.51. The Labute approximate surface area is 145 Å². The molecule has 0 saturated heterocycles. The number of amides is 1. The molecule has 0 fully saturated rings. The van der Waals surface area contributed by atoms with Crippen molar-refractivity contribution in [3.63, 3.8) is 0 Å². The van der Waals surface area contributed by atoms with E-state index >= 15 is 0 Å². The molecule has 1 amide bonds. The molecule has 4 nitrogen and oxygen atoms in total. The van der Waals surface area contributed by atoms with Gasteiger partial charge < -0.3 is 5.32 Å². The van der Waals surface area contributed by atoms with Crippen molar-refractivity contribution in [1.29, 1.82) is 0 Å². The van der Waals surface area contributed by atoms with Crippen molar-refractivity contribution in [1.82, 2.24) is 9.78 Å². The molecule has 0 unspecified atom stereocenters. The van der Waals surface area contributed by atoms with Crippen molar-refractivity contribution in [2.24, 2.45) is 0 Å². The summed E-state index contributed by atoms with van der Waals surface area (Å²) < 4.78 is 28.5. The van der Waals surface area contributed by atoms with Crippen LogP contribution < -0.4 is 5.32 Å². The second-order valence-corrected chi connectivity index (χ2v) is 5.61. The van der Waals surface area contributed by atoms with Gasteiger partial charge >= 0.3 is 0 Å². The number of rotatable bonds is 3. The van der Waals surface area contributed by atoms with Crippen molar-refractivity contribution in [3.05, 3.63) is 76.0 Å². The molecule has 0 aliphatic carbocycles. The second-order valence-electron chi connectivity index (χ2n) is 4.79. The average molecular weight is 368 g/mol. The lowest BCUT2D eigenvalue weighted by atomic mass is 10.3. The van der Waals surface area contributed by atoms with E-state index in [1.54, 1.807) is 18.2 Å². The van der Waals surface area contributed by atoms with Crippen LogP contribution in [0.15, 0.2) is 48.7 Å². The van der Waals surface area contributed by atoms with E-state index in [-0.39, 0.29) is 5.69 Å². The molecule has 0 bridgehead atoms. The van der Waals surface area contributed by atoms with Gasteiger partial charge in [-0.3, -0.25) is 4.79 Å². The minimum Gasteiger partial charge on any atom is -0.316 e. The van der Waals surface area contributed by atoms with E-state index in [9.17, 15) is 13.6 Å². The normalized spacial score (nSPS) is 10.7. The highest BCUT2D eigenvalue weighted by Gasteiger charge is 2.16. The molecule has 0 aliphatic rings. The number of carbonyl (C=O) groups is 1. The molecule has 0 spiro atoms. The van der Waals surface area contributed by atoms with Crippen molar-refractivity contribution < 1.29 is 13.6 Å². The van der Waals surface area contributed by atoms with Crippen LogP contribution in [0, 0.1) is 11.6 Å². The fraction of sp³-hybridized carbons (Fsp3) is 0. The number of anilines is 1. The first-order chi connectivity index (χ1) is 11.5. The third-order valence-corrected chi connectivity index (χ3v) is 3.93. The SMILES string of the molecule is O=C(Nc1c(F)cccc1F)c1ccn(-c2ccc(Cl)c(Cl)c2)n1. The third kappa shape index (κ3) is 3.25. The van der Waals surface area contributed by atoms with Gasteiger partial charge in [-0.2, -0.15) is 5.10 Å². The van der Waals surface area contributed by atoms with E-state index < -0.39 is 23.2 Å². The fourth-order valence-electron chi connectivity index (χ4n) is 2.01. The lowest BCUT2D eigenvalue weighted by molar-refractivity contribution is 0.102. The van der Waals surface area contributed by atoms with Crippen LogP contribution in [-0.2, 0) is 0 Å². The molecule has 1 aromatic heterocycles. The van der Waals surface area contributed by atoms with Crippen molar-refractivity contribution in [3.8, 4) is 5.69 Å². The molecule has 122 valence electrons. The Hall–Kier alpha value is -2.44. The van der Waals surface area contributed by atoms with Crippen LogP contribution in [0.2, 0.25) is 10.0 Å². The van der Waals surface area contributed by atoms with Gasteiger partial charge in [-0.05, 0) is 36.4 Å². The summed E-state index contributed by atoms with van der Waals surface area (Å²) in [5, 5.41) is 6.96. The topological polar surface area (TPSA) is 46.9 Å². The number of hydrogen-bond donors (Lipinski definition) is 1. The zero-order valence-corrected chi connectivity index (χ0v) is 13.4. The average Bonchev–Trinajstić information content (AvgIpc) is 3.03. The molecular formula is C16H9Cl2F2N3O. The second kappa shape index (κ2) is 6.59. The van der Waals surface area contributed by atoms with Crippen LogP contribution in [0.5, 0.6) is 0 Å². The summed E-state index contributed by atoms with van der Waals surface area (Å²) in [7, 11) is 0. The van der Waals surface area contributed by atoms with E-state index in [2.05, 4.69) is 10.4 Å². The summed E-state index contributed by atoms with van der Waals surface area (Å²) >= 11 is 11.8. The van der Waals surface area contributed by atoms with Crippen molar-refractivity contribution >= 4 is 34.8 Å². The first-order valence-corrected chi connectivity index (χ1v) is 7.48. The zero-order valence-electron chi connectivity index (χ0n) is 11.9. The molecular weight excluding hydrogens is 359 g/mol. The summed E-state index contributed by atoms with van der Waals surface area (Å²) in [5.41, 5.74) is 0.0517. The molecule has 0 atom stereocenters. The van der Waals surface area contributed by atoms with Crippen molar-refractivity contribution in [2.75, 3.05) is 5.32 Å². The highest BCUT2D eigenvalue weighted by molar-refractivity contribution is 6.42. The number of hydrogen-bond acceptors (Lipinski definition) is 2. The predicted octanol–water partition coefficient (Wildman–Crippen LogP) is 4.71. The number of para-hydroxylation sites is 1. The summed E-state index contributed by atoms with van der Waals surface area (Å²) in [6.45, 7) is 0. The number of benzene rings is 2. The van der Waals surface area contributed by atoms with Gasteiger partial charge in [-0.1, -0.05) is 29.3 Å². The van der Waals surface area contributed by atoms with Gasteiger partial charge in [0.05, 0.1) is 15.7 Å². The van der Waals surface area contributed by atoms with Crippen LogP contribution in [0.1, 0.15) is 10.5 Å². The molecule has 0 saturated carbocycles. The van der Waals surface area contributed by atoms with E-state index in [1.165, 1.54) is 23.0 Å². The van der Waals surface area contributed by atoms with Gasteiger partial charge in [0.1, 0.15) is 17.3 Å². The van der Waals surface area contributed by atoms with Crippen LogP contribution in [-0.4, -0.2) is 15.7 Å². The lowest BCUT2D eigenvalue weighted by Crippen LogP contribution is -2.15. The molecule has 1 heterocycles. The minimum atomic E-state index is -0.868. The third-order valence-electron chi connectivity index (χ3n) is 3.19. The zero-order chi connectivity index (χ0) is 17.3. The van der Waals surface area contributed by atoms with E-state index in [4.69, 9.17) is 23.2 Å². The molecule has 8 heteroatoms. The van der Waals surface area contributed by atoms with Gasteiger partial charge in [0, 0.05) is 6.20 Å². The largest absolute Gasteiger partial charge is 0.316 e. The Morgan fingerprint density at radius 3 is 2.42 bits per heavy atom. The molecule has 0 aliphatic heterocycles. The summed E-state index contributed by atoms with van der Waals surface area (Å²) in [4.78, 5) is 12.1. The first-order valence-electron chi connectivity index (χ1n) is 6.72. The van der Waals surface area contributed by atoms with Crippen LogP contribution in [0.25, 0.3) is 5.69 Å². The summed E-state index contributed by atoms with van der Waals surface area (Å²) in [6.07, 6.45) is 1.52. The fourth-order valence-corrected chi connectivity index (χ4v) is 2.30. The maximum Gasteiger partial charge on any atom is 0.276 e. The number of nitrogens with one attached hydrogen (secondary N) is 1. The van der Waals surface area contributed by atoms with Crippen LogP contribution in [0.3, 0.4) is 0 Å². The maximum absolute atomic E-state index is 13.6. The van der Waals surface area contributed by atoms with Gasteiger partial charge in [-0.15, -0.1) is 0 Å². The molecule has 0 radical (unpaired) electrons. The highest BCUT2D eigenvalue weighted by atomic mass is 35.5. The maximum atomic E-state index is 13.6. The van der Waals surface area contributed by atoms with E-state index in [0.29, 0.717) is 15.7 Å². The first kappa shape index (κ1) is 16.4. The molecule has 3 rings (SSSR count). The summed E-state index contributed by atoms with van der Waals surface area (Å²) in [6, 6.07) is 9.56. The predicted molar refractivity (Wildman–Crippen MR) is 87.9 cm³/mol. The van der Waals surface area contributed by atoms with E-state index in [0.717, 1.165) is 12.1 Å². The van der Waals surface area contributed by atoms with Crippen LogP contribution >= 0.6 is 23.2 Å². The van der Waals surface area contributed by atoms with Crippen molar-refractivity contribution in [2.45, 2.75) is 0 Å². The van der Waals surface area contributed by atoms with Gasteiger partial charge in [-0.25, -0.2) is 13.5 Å². The highest BCUT2D eigenvalue weighted by Crippen LogP contribution is 2.24. The summed E-state index contributed by atoms with van der Waals surface area (Å²) in [5.74, 6) is -2.47. The molecule has 3 aromatic rings. The van der Waals surface area contributed by atoms with Gasteiger partial charge in [0.2, 0.25) is 0 Å². The number of aromatic nitrogens is 2. The molecule has 24 heavy (non-hydrogen) atoms. The Morgan fingerprint density at radius 2 is 1.75 bits per heavy atom. The van der Waals surface area contributed by atoms with E-state index in [1.807, 2.05) is 0 Å². The quantitative estimate of drug-likeness (QED) is 0.728. The lowest BCUT2D eigenvalue weighted by Gasteiger charge is -2.06. The number of carbonyl (C=O) groups excluding carboxylic acids is 1. The molecule has 1 N–H and O–H groups in total. The van der Waals surface area contributed by atoms with Gasteiger partial charge in [0.15, 0.2) is 5.69 Å². The smallest absolute Gasteiger partial charge is 0.276 e. The molecule has 2 aromatic carbocycles. The van der Waals surface area contributed by atoms with Crippen LogP contribution in [0.4, 0.5) is 14.5 Å². The Bertz CT molecular complexity index is 907. The Balaban J connectivity index is 1.85.